The number of ketones is 1. The zero-order chi connectivity index (χ0) is 15.1. The number of halogens is 1. The zero-order valence-corrected chi connectivity index (χ0v) is 12.1. The van der Waals surface area contributed by atoms with Gasteiger partial charge in [0.1, 0.15) is 11.6 Å². The van der Waals surface area contributed by atoms with Gasteiger partial charge in [0.05, 0.1) is 6.61 Å². The lowest BCUT2D eigenvalue weighted by molar-refractivity contribution is 0.0992. The van der Waals surface area contributed by atoms with E-state index in [9.17, 15) is 9.18 Å². The molecule has 2 aromatic carbocycles. The van der Waals surface area contributed by atoms with Crippen LogP contribution in [-0.4, -0.2) is 12.4 Å². The van der Waals surface area contributed by atoms with Crippen molar-refractivity contribution in [2.24, 2.45) is 0 Å². The number of unbranched alkanes of at least 4 members (excludes halogenated alkanes) is 1. The molecule has 0 heterocycles. The maximum Gasteiger partial charge on any atom is 0.167 e. The second-order valence-electron chi connectivity index (χ2n) is 4.92. The van der Waals surface area contributed by atoms with E-state index in [4.69, 9.17) is 4.74 Å². The average molecular weight is 286 g/mol. The molecule has 0 N–H and O–H groups in total. The first-order chi connectivity index (χ1) is 10.2. The fourth-order valence-corrected chi connectivity index (χ4v) is 1.99. The summed E-state index contributed by atoms with van der Waals surface area (Å²) in [6.07, 6.45) is 2.16. The molecule has 2 aromatic rings. The number of ether oxygens (including phenoxy) is 1. The van der Waals surface area contributed by atoms with E-state index in [1.165, 1.54) is 6.07 Å². The van der Waals surface area contributed by atoms with Gasteiger partial charge in [0.15, 0.2) is 5.78 Å². The Morgan fingerprint density at radius 1 is 1.10 bits per heavy atom. The van der Waals surface area contributed by atoms with E-state index in [0.29, 0.717) is 17.7 Å². The highest BCUT2D eigenvalue weighted by Gasteiger charge is 2.10. The number of rotatable bonds is 7. The van der Waals surface area contributed by atoms with E-state index in [1.807, 2.05) is 0 Å². The summed E-state index contributed by atoms with van der Waals surface area (Å²) in [5.74, 6) is 0.316. The molecule has 0 saturated carbocycles. The molecule has 110 valence electrons. The second-order valence-corrected chi connectivity index (χ2v) is 4.92. The van der Waals surface area contributed by atoms with Crippen molar-refractivity contribution < 1.29 is 13.9 Å². The highest BCUT2D eigenvalue weighted by molar-refractivity contribution is 5.97. The Hall–Kier alpha value is -2.16. The summed E-state index contributed by atoms with van der Waals surface area (Å²) in [4.78, 5) is 12.1. The second kappa shape index (κ2) is 7.58. The SMILES string of the molecule is CCCCOc1ccc(C(=O)Cc2ccccc2F)cc1. The first-order valence-electron chi connectivity index (χ1n) is 7.20. The van der Waals surface area contributed by atoms with Crippen molar-refractivity contribution in [3.05, 3.63) is 65.5 Å². The molecule has 0 radical (unpaired) electrons. The molecule has 2 rings (SSSR count). The van der Waals surface area contributed by atoms with Crippen LogP contribution in [0.4, 0.5) is 4.39 Å². The van der Waals surface area contributed by atoms with E-state index in [-0.39, 0.29) is 18.0 Å². The Balaban J connectivity index is 1.98. The van der Waals surface area contributed by atoms with Crippen LogP contribution in [0.2, 0.25) is 0 Å². The van der Waals surface area contributed by atoms with Gasteiger partial charge in [0, 0.05) is 12.0 Å². The predicted molar refractivity (Wildman–Crippen MR) is 81.3 cm³/mol. The molecular weight excluding hydrogens is 267 g/mol. The van der Waals surface area contributed by atoms with Crippen molar-refractivity contribution >= 4 is 5.78 Å². The molecule has 0 aliphatic rings. The van der Waals surface area contributed by atoms with Gasteiger partial charge in [0.2, 0.25) is 0 Å². The number of carbonyl (C=O) groups excluding carboxylic acids is 1. The Labute approximate surface area is 124 Å². The molecule has 0 aliphatic heterocycles. The van der Waals surface area contributed by atoms with E-state index >= 15 is 0 Å². The lowest BCUT2D eigenvalue weighted by Crippen LogP contribution is -2.05. The minimum atomic E-state index is -0.342. The molecule has 0 bridgehead atoms. The summed E-state index contributed by atoms with van der Waals surface area (Å²) in [5.41, 5.74) is 0.992. The van der Waals surface area contributed by atoms with Crippen molar-refractivity contribution in [2.45, 2.75) is 26.2 Å². The molecule has 0 atom stereocenters. The molecule has 0 aliphatic carbocycles. The number of benzene rings is 2. The van der Waals surface area contributed by atoms with Crippen molar-refractivity contribution in [1.82, 2.24) is 0 Å². The highest BCUT2D eigenvalue weighted by atomic mass is 19.1. The van der Waals surface area contributed by atoms with E-state index in [1.54, 1.807) is 42.5 Å². The molecule has 0 fully saturated rings. The highest BCUT2D eigenvalue weighted by Crippen LogP contribution is 2.15. The van der Waals surface area contributed by atoms with Crippen molar-refractivity contribution in [3.63, 3.8) is 0 Å². The quantitative estimate of drug-likeness (QED) is 0.556. The van der Waals surface area contributed by atoms with Gasteiger partial charge in [0.25, 0.3) is 0 Å². The van der Waals surface area contributed by atoms with Gasteiger partial charge in [-0.15, -0.1) is 0 Å². The van der Waals surface area contributed by atoms with Gasteiger partial charge >= 0.3 is 0 Å². The fourth-order valence-electron chi connectivity index (χ4n) is 1.99. The van der Waals surface area contributed by atoms with Crippen LogP contribution < -0.4 is 4.74 Å². The van der Waals surface area contributed by atoms with Crippen LogP contribution in [0.15, 0.2) is 48.5 Å². The van der Waals surface area contributed by atoms with Crippen LogP contribution in [0.25, 0.3) is 0 Å². The fraction of sp³-hybridized carbons (Fsp3) is 0.278. The van der Waals surface area contributed by atoms with Crippen molar-refractivity contribution in [2.75, 3.05) is 6.61 Å². The minimum absolute atomic E-state index is 0.0721. The Kier molecular flexibility index (Phi) is 5.50. The largest absolute Gasteiger partial charge is 0.494 e. The Morgan fingerprint density at radius 3 is 2.48 bits per heavy atom. The van der Waals surface area contributed by atoms with Crippen molar-refractivity contribution in [3.8, 4) is 5.75 Å². The van der Waals surface area contributed by atoms with E-state index < -0.39 is 0 Å². The molecular formula is C18H19FO2. The minimum Gasteiger partial charge on any atom is -0.494 e. The molecule has 21 heavy (non-hydrogen) atoms. The molecule has 2 nitrogen and oxygen atoms in total. The lowest BCUT2D eigenvalue weighted by Gasteiger charge is -2.06. The smallest absolute Gasteiger partial charge is 0.167 e. The van der Waals surface area contributed by atoms with E-state index in [0.717, 1.165) is 18.6 Å². The first kappa shape index (κ1) is 15.2. The Morgan fingerprint density at radius 2 is 1.81 bits per heavy atom. The summed E-state index contributed by atoms with van der Waals surface area (Å²) < 4.78 is 19.1. The monoisotopic (exact) mass is 286 g/mol. The van der Waals surface area contributed by atoms with Crippen LogP contribution in [0, 0.1) is 5.82 Å². The van der Waals surface area contributed by atoms with E-state index in [2.05, 4.69) is 6.92 Å². The summed E-state index contributed by atoms with van der Waals surface area (Å²) in [6, 6.07) is 13.4. The van der Waals surface area contributed by atoms with Gasteiger partial charge in [-0.05, 0) is 42.3 Å². The van der Waals surface area contributed by atoms with Gasteiger partial charge in [-0.2, -0.15) is 0 Å². The van der Waals surface area contributed by atoms with Crippen LogP contribution in [-0.2, 0) is 6.42 Å². The summed E-state index contributed by atoms with van der Waals surface area (Å²) in [6.45, 7) is 2.78. The maximum atomic E-state index is 13.5. The number of Topliss-reactive ketones (excluding diaryl/α,β-unsaturated/α-hetero) is 1. The molecule has 0 amide bonds. The normalized spacial score (nSPS) is 10.4. The number of hydrogen-bond donors (Lipinski definition) is 0. The summed E-state index contributed by atoms with van der Waals surface area (Å²) >= 11 is 0. The third kappa shape index (κ3) is 4.42. The van der Waals surface area contributed by atoms with Crippen LogP contribution in [0.5, 0.6) is 5.75 Å². The van der Waals surface area contributed by atoms with Gasteiger partial charge in [-0.1, -0.05) is 31.5 Å². The molecule has 0 unspecified atom stereocenters. The summed E-state index contributed by atoms with van der Waals surface area (Å²) in [5, 5.41) is 0. The predicted octanol–water partition coefficient (Wildman–Crippen LogP) is 4.43. The van der Waals surface area contributed by atoms with Gasteiger partial charge in [-0.3, -0.25) is 4.79 Å². The number of hydrogen-bond acceptors (Lipinski definition) is 2. The molecule has 0 aromatic heterocycles. The van der Waals surface area contributed by atoms with Crippen LogP contribution in [0.1, 0.15) is 35.7 Å². The Bertz CT molecular complexity index is 590. The average Bonchev–Trinajstić information content (AvgIpc) is 2.50. The van der Waals surface area contributed by atoms with Crippen LogP contribution >= 0.6 is 0 Å². The van der Waals surface area contributed by atoms with Crippen molar-refractivity contribution in [1.29, 1.82) is 0 Å². The zero-order valence-electron chi connectivity index (χ0n) is 12.1. The van der Waals surface area contributed by atoms with Crippen LogP contribution in [0.3, 0.4) is 0 Å². The molecule has 0 saturated heterocycles. The maximum absolute atomic E-state index is 13.5. The molecule has 0 spiro atoms. The first-order valence-corrected chi connectivity index (χ1v) is 7.20. The standard InChI is InChI=1S/C18H19FO2/c1-2-3-12-21-16-10-8-14(9-11-16)18(20)13-15-6-4-5-7-17(15)19/h4-11H,2-3,12-13H2,1H3. The number of carbonyl (C=O) groups is 1. The third-order valence-corrected chi connectivity index (χ3v) is 3.25. The topological polar surface area (TPSA) is 26.3 Å². The molecule has 3 heteroatoms. The lowest BCUT2D eigenvalue weighted by atomic mass is 10.0. The van der Waals surface area contributed by atoms with Gasteiger partial charge in [-0.25, -0.2) is 4.39 Å². The van der Waals surface area contributed by atoms with Gasteiger partial charge < -0.3 is 4.74 Å². The summed E-state index contributed by atoms with van der Waals surface area (Å²) in [7, 11) is 0. The third-order valence-electron chi connectivity index (χ3n) is 3.25.